The lowest BCUT2D eigenvalue weighted by Crippen LogP contribution is -2.18. The minimum Gasteiger partial charge on any atom is -0.489 e. The third-order valence-electron chi connectivity index (χ3n) is 5.52. The number of nitrogens with one attached hydrogen (secondary N) is 1. The topological polar surface area (TPSA) is 63.6 Å². The number of carbonyl (C=O) groups excluding carboxylic acids is 1. The molecule has 4 aromatic carbocycles. The van der Waals surface area contributed by atoms with Gasteiger partial charge < -0.3 is 4.74 Å². The highest BCUT2D eigenvalue weighted by Crippen LogP contribution is 2.24. The van der Waals surface area contributed by atoms with Crippen molar-refractivity contribution < 1.29 is 9.53 Å². The lowest BCUT2D eigenvalue weighted by molar-refractivity contribution is 0.0956. The standard InChI is InChI=1S/C30H23N3O2/c34-30(27-19-29(24-13-5-2-6-14-24)32-28-17-8-7-16-26(27)28)33-31-20-23-12-9-15-25(18-23)35-21-22-10-3-1-4-11-22/h1-20H,21H2,(H,33,34)/b31-20-. The second kappa shape index (κ2) is 10.4. The van der Waals surface area contributed by atoms with E-state index >= 15 is 0 Å². The Hall–Kier alpha value is -4.77. The predicted molar refractivity (Wildman–Crippen MR) is 139 cm³/mol. The number of hydrazone groups is 1. The van der Waals surface area contributed by atoms with E-state index in [1.54, 1.807) is 12.3 Å². The van der Waals surface area contributed by atoms with E-state index in [1.165, 1.54) is 0 Å². The van der Waals surface area contributed by atoms with Gasteiger partial charge in [-0.05, 0) is 35.4 Å². The van der Waals surface area contributed by atoms with Crippen molar-refractivity contribution in [1.29, 1.82) is 0 Å². The summed E-state index contributed by atoms with van der Waals surface area (Å²) < 4.78 is 5.88. The molecule has 5 rings (SSSR count). The number of amides is 1. The summed E-state index contributed by atoms with van der Waals surface area (Å²) in [5.41, 5.74) is 7.53. The van der Waals surface area contributed by atoms with Crippen molar-refractivity contribution in [3.63, 3.8) is 0 Å². The van der Waals surface area contributed by atoms with Crippen LogP contribution in [0.25, 0.3) is 22.2 Å². The third-order valence-corrected chi connectivity index (χ3v) is 5.52. The molecule has 1 amide bonds. The number of nitrogens with zero attached hydrogens (tertiary/aromatic N) is 2. The number of para-hydroxylation sites is 1. The molecule has 5 aromatic rings. The Morgan fingerprint density at radius 1 is 0.829 bits per heavy atom. The molecule has 1 N–H and O–H groups in total. The first-order valence-electron chi connectivity index (χ1n) is 11.3. The zero-order valence-electron chi connectivity index (χ0n) is 19.0. The van der Waals surface area contributed by atoms with Crippen LogP contribution in [0.1, 0.15) is 21.5 Å². The van der Waals surface area contributed by atoms with Crippen LogP contribution in [0.4, 0.5) is 0 Å². The van der Waals surface area contributed by atoms with Gasteiger partial charge in [-0.2, -0.15) is 5.10 Å². The van der Waals surface area contributed by atoms with Gasteiger partial charge in [-0.1, -0.05) is 91.0 Å². The molecular formula is C30H23N3O2. The first kappa shape index (κ1) is 22.0. The Kier molecular flexibility index (Phi) is 6.58. The van der Waals surface area contributed by atoms with Crippen molar-refractivity contribution in [2.75, 3.05) is 0 Å². The summed E-state index contributed by atoms with van der Waals surface area (Å²) in [7, 11) is 0. The highest BCUT2D eigenvalue weighted by molar-refractivity contribution is 6.07. The monoisotopic (exact) mass is 457 g/mol. The number of pyridine rings is 1. The summed E-state index contributed by atoms with van der Waals surface area (Å²) in [4.78, 5) is 17.8. The van der Waals surface area contributed by atoms with E-state index in [0.29, 0.717) is 12.2 Å². The average molecular weight is 458 g/mol. The number of aromatic nitrogens is 1. The van der Waals surface area contributed by atoms with Gasteiger partial charge in [0.15, 0.2) is 0 Å². The molecule has 0 bridgehead atoms. The van der Waals surface area contributed by atoms with E-state index in [-0.39, 0.29) is 5.91 Å². The van der Waals surface area contributed by atoms with Crippen LogP contribution in [-0.2, 0) is 6.61 Å². The van der Waals surface area contributed by atoms with Crippen LogP contribution in [0.2, 0.25) is 0 Å². The highest BCUT2D eigenvalue weighted by atomic mass is 16.5. The largest absolute Gasteiger partial charge is 0.489 e. The number of fused-ring (bicyclic) bond motifs is 1. The first-order valence-corrected chi connectivity index (χ1v) is 11.3. The molecule has 0 aliphatic heterocycles. The summed E-state index contributed by atoms with van der Waals surface area (Å²) in [6.07, 6.45) is 1.61. The Bertz CT molecular complexity index is 1480. The molecule has 0 atom stereocenters. The van der Waals surface area contributed by atoms with Crippen molar-refractivity contribution in [3.8, 4) is 17.0 Å². The number of hydrogen-bond donors (Lipinski definition) is 1. The fraction of sp³-hybridized carbons (Fsp3) is 0.0333. The van der Waals surface area contributed by atoms with Crippen molar-refractivity contribution in [2.24, 2.45) is 5.10 Å². The molecule has 1 heterocycles. The summed E-state index contributed by atoms with van der Waals surface area (Å²) >= 11 is 0. The third kappa shape index (κ3) is 5.42. The molecule has 35 heavy (non-hydrogen) atoms. The molecule has 0 saturated heterocycles. The van der Waals surface area contributed by atoms with Gasteiger partial charge in [0.1, 0.15) is 12.4 Å². The normalized spacial score (nSPS) is 11.0. The zero-order valence-corrected chi connectivity index (χ0v) is 19.0. The highest BCUT2D eigenvalue weighted by Gasteiger charge is 2.13. The van der Waals surface area contributed by atoms with E-state index in [0.717, 1.165) is 39.0 Å². The second-order valence-electron chi connectivity index (χ2n) is 7.98. The molecular weight excluding hydrogens is 434 g/mol. The van der Waals surface area contributed by atoms with Crippen LogP contribution in [-0.4, -0.2) is 17.1 Å². The lowest BCUT2D eigenvalue weighted by atomic mass is 10.0. The summed E-state index contributed by atoms with van der Waals surface area (Å²) in [6.45, 7) is 0.483. The average Bonchev–Trinajstić information content (AvgIpc) is 2.92. The van der Waals surface area contributed by atoms with Gasteiger partial charge >= 0.3 is 0 Å². The molecule has 0 unspecified atom stereocenters. The van der Waals surface area contributed by atoms with E-state index in [9.17, 15) is 4.79 Å². The number of carbonyl (C=O) groups is 1. The van der Waals surface area contributed by atoms with Crippen LogP contribution in [0, 0.1) is 0 Å². The molecule has 0 aliphatic carbocycles. The molecule has 1 aromatic heterocycles. The van der Waals surface area contributed by atoms with Gasteiger partial charge in [-0.15, -0.1) is 0 Å². The Morgan fingerprint density at radius 2 is 1.57 bits per heavy atom. The smallest absolute Gasteiger partial charge is 0.272 e. The van der Waals surface area contributed by atoms with Crippen LogP contribution in [0.3, 0.4) is 0 Å². The zero-order chi connectivity index (χ0) is 23.9. The van der Waals surface area contributed by atoms with Gasteiger partial charge in [-0.25, -0.2) is 10.4 Å². The minimum atomic E-state index is -0.298. The first-order chi connectivity index (χ1) is 17.3. The number of rotatable bonds is 7. The van der Waals surface area contributed by atoms with E-state index in [2.05, 4.69) is 10.5 Å². The molecule has 0 aliphatic rings. The van der Waals surface area contributed by atoms with Crippen molar-refractivity contribution in [2.45, 2.75) is 6.61 Å². The van der Waals surface area contributed by atoms with Gasteiger partial charge in [0, 0.05) is 10.9 Å². The van der Waals surface area contributed by atoms with Gasteiger partial charge in [-0.3, -0.25) is 4.79 Å². The molecule has 0 radical (unpaired) electrons. The molecule has 5 nitrogen and oxygen atoms in total. The van der Waals surface area contributed by atoms with Gasteiger partial charge in [0.25, 0.3) is 5.91 Å². The van der Waals surface area contributed by atoms with Gasteiger partial charge in [0.2, 0.25) is 0 Å². The maximum absolute atomic E-state index is 13.1. The van der Waals surface area contributed by atoms with Gasteiger partial charge in [0.05, 0.1) is 23.0 Å². The van der Waals surface area contributed by atoms with Crippen LogP contribution in [0.5, 0.6) is 5.75 Å². The summed E-state index contributed by atoms with van der Waals surface area (Å²) in [6, 6.07) is 36.8. The summed E-state index contributed by atoms with van der Waals surface area (Å²) in [5.74, 6) is 0.435. The molecule has 0 saturated carbocycles. The van der Waals surface area contributed by atoms with E-state index < -0.39 is 0 Å². The van der Waals surface area contributed by atoms with Crippen molar-refractivity contribution in [1.82, 2.24) is 10.4 Å². The van der Waals surface area contributed by atoms with Crippen LogP contribution >= 0.6 is 0 Å². The maximum Gasteiger partial charge on any atom is 0.272 e. The SMILES string of the molecule is O=C(N/N=C\c1cccc(OCc2ccccc2)c1)c1cc(-c2ccccc2)nc2ccccc12. The van der Waals surface area contributed by atoms with E-state index in [4.69, 9.17) is 9.72 Å². The maximum atomic E-state index is 13.1. The van der Waals surface area contributed by atoms with E-state index in [1.807, 2.05) is 109 Å². The van der Waals surface area contributed by atoms with Crippen molar-refractivity contribution >= 4 is 23.0 Å². The Balaban J connectivity index is 1.32. The fourth-order valence-electron chi connectivity index (χ4n) is 3.77. The summed E-state index contributed by atoms with van der Waals surface area (Å²) in [5, 5.41) is 4.96. The number of benzene rings is 4. The quantitative estimate of drug-likeness (QED) is 0.232. The molecule has 0 fully saturated rings. The molecule has 170 valence electrons. The van der Waals surface area contributed by atoms with Crippen LogP contribution < -0.4 is 10.2 Å². The Labute approximate surface area is 203 Å². The molecule has 0 spiro atoms. The number of hydrogen-bond acceptors (Lipinski definition) is 4. The fourth-order valence-corrected chi connectivity index (χ4v) is 3.77. The van der Waals surface area contributed by atoms with Crippen molar-refractivity contribution in [3.05, 3.63) is 132 Å². The second-order valence-corrected chi connectivity index (χ2v) is 7.98. The lowest BCUT2D eigenvalue weighted by Gasteiger charge is -2.09. The van der Waals surface area contributed by atoms with Crippen LogP contribution in [0.15, 0.2) is 120 Å². The number of ether oxygens (including phenoxy) is 1. The predicted octanol–water partition coefficient (Wildman–Crippen LogP) is 6.24. The molecule has 5 heteroatoms. The Morgan fingerprint density at radius 3 is 2.40 bits per heavy atom. The minimum absolute atomic E-state index is 0.298.